The summed E-state index contributed by atoms with van der Waals surface area (Å²) in [6.45, 7) is 6.48. The van der Waals surface area contributed by atoms with E-state index in [9.17, 15) is 4.79 Å². The molecule has 0 fully saturated rings. The average molecular weight is 259 g/mol. The minimum Gasteiger partial charge on any atom is -0.293 e. The van der Waals surface area contributed by atoms with Gasteiger partial charge in [0.15, 0.2) is 5.78 Å². The lowest BCUT2D eigenvalue weighted by atomic mass is 9.95. The first kappa shape index (κ1) is 13.0. The Balaban J connectivity index is 2.13. The first-order valence-corrected chi connectivity index (χ1v) is 6.82. The highest BCUT2D eigenvalue weighted by molar-refractivity contribution is 7.14. The Bertz CT molecular complexity index is 537. The number of rotatable bonds is 3. The van der Waals surface area contributed by atoms with Crippen molar-refractivity contribution in [2.24, 2.45) is 0 Å². The molecule has 0 unspecified atom stereocenters. The Morgan fingerprint density at radius 3 is 2.56 bits per heavy atom. The molecular formula is C15H17NOS. The van der Waals surface area contributed by atoms with E-state index in [0.717, 1.165) is 10.6 Å². The van der Waals surface area contributed by atoms with Gasteiger partial charge in [-0.2, -0.15) is 0 Å². The van der Waals surface area contributed by atoms with Crippen LogP contribution in [0.25, 0.3) is 0 Å². The fraction of sp³-hybridized carbons (Fsp3) is 0.333. The van der Waals surface area contributed by atoms with Gasteiger partial charge in [-0.15, -0.1) is 11.3 Å². The maximum atomic E-state index is 12.1. The van der Waals surface area contributed by atoms with Crippen LogP contribution >= 0.6 is 11.3 Å². The maximum absolute atomic E-state index is 12.1. The lowest BCUT2D eigenvalue weighted by Gasteiger charge is -2.15. The van der Waals surface area contributed by atoms with Crippen molar-refractivity contribution >= 4 is 17.1 Å². The van der Waals surface area contributed by atoms with Crippen LogP contribution in [0.4, 0.5) is 0 Å². The van der Waals surface area contributed by atoms with Crippen LogP contribution in [-0.2, 0) is 11.8 Å². The molecule has 2 heterocycles. The van der Waals surface area contributed by atoms with Crippen LogP contribution in [0.15, 0.2) is 36.5 Å². The summed E-state index contributed by atoms with van der Waals surface area (Å²) in [6, 6.07) is 9.63. The molecule has 2 aromatic heterocycles. The standard InChI is InChI=1S/C15H17NOS/c1-15(2,3)14-8-7-13(18-14)12(17)10-11-6-4-5-9-16-11/h4-9H,10H2,1-3H3. The van der Waals surface area contributed by atoms with Gasteiger partial charge >= 0.3 is 0 Å². The highest BCUT2D eigenvalue weighted by Crippen LogP contribution is 2.29. The molecule has 0 radical (unpaired) electrons. The zero-order chi connectivity index (χ0) is 13.2. The van der Waals surface area contributed by atoms with Gasteiger partial charge in [0, 0.05) is 16.8 Å². The molecule has 94 valence electrons. The molecule has 3 heteroatoms. The van der Waals surface area contributed by atoms with E-state index >= 15 is 0 Å². The van der Waals surface area contributed by atoms with E-state index < -0.39 is 0 Å². The highest BCUT2D eigenvalue weighted by atomic mass is 32.1. The predicted octanol–water partition coefficient (Wildman–Crippen LogP) is 3.87. The number of ketones is 1. The van der Waals surface area contributed by atoms with E-state index in [2.05, 4.69) is 31.8 Å². The molecule has 0 atom stereocenters. The zero-order valence-corrected chi connectivity index (χ0v) is 11.8. The van der Waals surface area contributed by atoms with Crippen molar-refractivity contribution < 1.29 is 4.79 Å². The molecule has 0 bridgehead atoms. The zero-order valence-electron chi connectivity index (χ0n) is 10.9. The Hall–Kier alpha value is -1.48. The number of pyridine rings is 1. The third kappa shape index (κ3) is 3.05. The van der Waals surface area contributed by atoms with Gasteiger partial charge in [-0.3, -0.25) is 9.78 Å². The molecule has 0 saturated carbocycles. The fourth-order valence-electron chi connectivity index (χ4n) is 1.65. The van der Waals surface area contributed by atoms with Crippen LogP contribution < -0.4 is 0 Å². The summed E-state index contributed by atoms with van der Waals surface area (Å²) in [5.41, 5.74) is 0.932. The molecule has 2 rings (SSSR count). The molecular weight excluding hydrogens is 242 g/mol. The summed E-state index contributed by atoms with van der Waals surface area (Å²) in [5, 5.41) is 0. The van der Waals surface area contributed by atoms with Crippen molar-refractivity contribution in [2.75, 3.05) is 0 Å². The fourth-order valence-corrected chi connectivity index (χ4v) is 2.65. The summed E-state index contributed by atoms with van der Waals surface area (Å²) in [6.07, 6.45) is 2.10. The SMILES string of the molecule is CC(C)(C)c1ccc(C(=O)Cc2ccccn2)s1. The molecule has 0 saturated heterocycles. The Morgan fingerprint density at radius 1 is 1.22 bits per heavy atom. The smallest absolute Gasteiger partial charge is 0.178 e. The normalized spacial score (nSPS) is 11.5. The summed E-state index contributed by atoms with van der Waals surface area (Å²) >= 11 is 1.59. The lowest BCUT2D eigenvalue weighted by Crippen LogP contribution is -2.08. The summed E-state index contributed by atoms with van der Waals surface area (Å²) < 4.78 is 0. The molecule has 0 spiro atoms. The third-order valence-electron chi connectivity index (χ3n) is 2.69. The number of carbonyl (C=O) groups excluding carboxylic acids is 1. The molecule has 0 aliphatic carbocycles. The first-order valence-electron chi connectivity index (χ1n) is 6.00. The van der Waals surface area contributed by atoms with E-state index in [0.29, 0.717) is 6.42 Å². The van der Waals surface area contributed by atoms with Gasteiger partial charge in [0.25, 0.3) is 0 Å². The van der Waals surface area contributed by atoms with Crippen molar-refractivity contribution in [1.82, 2.24) is 4.98 Å². The quantitative estimate of drug-likeness (QED) is 0.783. The van der Waals surface area contributed by atoms with Gasteiger partial charge in [-0.1, -0.05) is 26.8 Å². The van der Waals surface area contributed by atoms with Crippen molar-refractivity contribution in [3.8, 4) is 0 Å². The van der Waals surface area contributed by atoms with Crippen molar-refractivity contribution in [1.29, 1.82) is 0 Å². The van der Waals surface area contributed by atoms with E-state index in [1.165, 1.54) is 4.88 Å². The Morgan fingerprint density at radius 2 is 2.00 bits per heavy atom. The third-order valence-corrected chi connectivity index (χ3v) is 4.24. The number of hydrogen-bond donors (Lipinski definition) is 0. The van der Waals surface area contributed by atoms with E-state index in [1.54, 1.807) is 17.5 Å². The van der Waals surface area contributed by atoms with Gasteiger partial charge in [-0.25, -0.2) is 0 Å². The monoisotopic (exact) mass is 259 g/mol. The van der Waals surface area contributed by atoms with E-state index in [1.807, 2.05) is 24.3 Å². The van der Waals surface area contributed by atoms with Crippen LogP contribution in [0.2, 0.25) is 0 Å². The van der Waals surface area contributed by atoms with Crippen molar-refractivity contribution in [3.63, 3.8) is 0 Å². The summed E-state index contributed by atoms with van der Waals surface area (Å²) in [7, 11) is 0. The molecule has 2 aromatic rings. The molecule has 0 amide bonds. The van der Waals surface area contributed by atoms with Gasteiger partial charge < -0.3 is 0 Å². The van der Waals surface area contributed by atoms with Gasteiger partial charge in [0.2, 0.25) is 0 Å². The number of nitrogens with zero attached hydrogens (tertiary/aromatic N) is 1. The van der Waals surface area contributed by atoms with Gasteiger partial charge in [0.1, 0.15) is 0 Å². The average Bonchev–Trinajstić information content (AvgIpc) is 2.79. The molecule has 2 nitrogen and oxygen atoms in total. The first-order chi connectivity index (χ1) is 8.47. The minimum atomic E-state index is 0.105. The number of thiophene rings is 1. The Kier molecular flexibility index (Phi) is 3.62. The molecule has 18 heavy (non-hydrogen) atoms. The Labute approximate surface area is 112 Å². The van der Waals surface area contributed by atoms with Gasteiger partial charge in [-0.05, 0) is 29.7 Å². The largest absolute Gasteiger partial charge is 0.293 e. The van der Waals surface area contributed by atoms with Crippen LogP contribution in [0.1, 0.15) is 41.0 Å². The maximum Gasteiger partial charge on any atom is 0.178 e. The topological polar surface area (TPSA) is 30.0 Å². The second-order valence-corrected chi connectivity index (χ2v) is 6.42. The predicted molar refractivity (Wildman–Crippen MR) is 75.3 cm³/mol. The number of aromatic nitrogens is 1. The molecule has 0 aliphatic heterocycles. The number of Topliss-reactive ketones (excluding diaryl/α,β-unsaturated/α-hetero) is 1. The summed E-state index contributed by atoms with van der Waals surface area (Å²) in [5.74, 6) is 0.147. The molecule has 0 aromatic carbocycles. The molecule has 0 aliphatic rings. The highest BCUT2D eigenvalue weighted by Gasteiger charge is 2.18. The van der Waals surface area contributed by atoms with E-state index in [-0.39, 0.29) is 11.2 Å². The second-order valence-electron chi connectivity index (χ2n) is 5.33. The van der Waals surface area contributed by atoms with Crippen LogP contribution in [0, 0.1) is 0 Å². The lowest BCUT2D eigenvalue weighted by molar-refractivity contribution is 0.0996. The van der Waals surface area contributed by atoms with Crippen LogP contribution in [0.5, 0.6) is 0 Å². The number of carbonyl (C=O) groups is 1. The molecule has 0 N–H and O–H groups in total. The van der Waals surface area contributed by atoms with Gasteiger partial charge in [0.05, 0.1) is 11.3 Å². The second kappa shape index (κ2) is 5.02. The van der Waals surface area contributed by atoms with E-state index in [4.69, 9.17) is 0 Å². The minimum absolute atomic E-state index is 0.105. The van der Waals surface area contributed by atoms with Crippen LogP contribution in [0.3, 0.4) is 0 Å². The summed E-state index contributed by atoms with van der Waals surface area (Å²) in [4.78, 5) is 18.4. The van der Waals surface area contributed by atoms with Crippen molar-refractivity contribution in [2.45, 2.75) is 32.6 Å². The number of hydrogen-bond acceptors (Lipinski definition) is 3. The van der Waals surface area contributed by atoms with Crippen LogP contribution in [-0.4, -0.2) is 10.8 Å². The van der Waals surface area contributed by atoms with Crippen molar-refractivity contribution in [3.05, 3.63) is 52.0 Å².